The Bertz CT molecular complexity index is 769. The zero-order valence-electron chi connectivity index (χ0n) is 12.4. The number of Topliss-reactive ketones (excluding diaryl/α,β-unsaturated/α-hetero) is 1. The number of ketones is 1. The molecule has 0 saturated heterocycles. The first kappa shape index (κ1) is 16.3. The predicted octanol–water partition coefficient (Wildman–Crippen LogP) is 1.48. The number of nitrogens with zero attached hydrogens (tertiary/aromatic N) is 2. The topological polar surface area (TPSA) is 87.5 Å². The molecule has 0 aliphatic rings. The van der Waals surface area contributed by atoms with Crippen molar-refractivity contribution >= 4 is 17.7 Å². The molecule has 0 saturated carbocycles. The maximum absolute atomic E-state index is 13.6. The molecule has 0 N–H and O–H groups in total. The molecule has 0 spiro atoms. The van der Waals surface area contributed by atoms with Crippen molar-refractivity contribution in [3.63, 3.8) is 0 Å². The number of ether oxygens (including phenoxy) is 2. The van der Waals surface area contributed by atoms with Gasteiger partial charge in [0.25, 0.3) is 0 Å². The number of carbonyl (C=O) groups is 3. The summed E-state index contributed by atoms with van der Waals surface area (Å²) < 4.78 is 23.9. The van der Waals surface area contributed by atoms with E-state index < -0.39 is 23.5 Å². The minimum Gasteiger partial charge on any atom is -0.464 e. The van der Waals surface area contributed by atoms with Crippen molar-refractivity contribution in [3.05, 3.63) is 53.4 Å². The molecular weight excluding hydrogens is 307 g/mol. The van der Waals surface area contributed by atoms with Gasteiger partial charge in [-0.2, -0.15) is 0 Å². The summed E-state index contributed by atoms with van der Waals surface area (Å²) >= 11 is 0. The number of methoxy groups -OCH3 is 2. The highest BCUT2D eigenvalue weighted by Gasteiger charge is 2.26. The van der Waals surface area contributed by atoms with Crippen molar-refractivity contribution in [2.45, 2.75) is 6.54 Å². The maximum Gasteiger partial charge on any atom is 0.359 e. The number of imidazole rings is 1. The third-order valence-electron chi connectivity index (χ3n) is 3.08. The second-order valence-corrected chi connectivity index (χ2v) is 4.46. The molecule has 0 radical (unpaired) electrons. The van der Waals surface area contributed by atoms with Crippen LogP contribution in [0.3, 0.4) is 0 Å². The summed E-state index contributed by atoms with van der Waals surface area (Å²) in [6, 6.07) is 5.46. The number of esters is 2. The third kappa shape index (κ3) is 3.25. The van der Waals surface area contributed by atoms with Gasteiger partial charge in [0.05, 0.1) is 32.7 Å². The molecule has 23 heavy (non-hydrogen) atoms. The van der Waals surface area contributed by atoms with E-state index in [0.29, 0.717) is 0 Å². The number of halogens is 1. The van der Waals surface area contributed by atoms with Crippen LogP contribution in [0.2, 0.25) is 0 Å². The average molecular weight is 320 g/mol. The number of hydrogen-bond acceptors (Lipinski definition) is 6. The molecule has 0 amide bonds. The van der Waals surface area contributed by atoms with E-state index in [4.69, 9.17) is 0 Å². The molecule has 120 valence electrons. The van der Waals surface area contributed by atoms with Gasteiger partial charge >= 0.3 is 11.9 Å². The highest BCUT2D eigenvalue weighted by molar-refractivity contribution is 6.02. The van der Waals surface area contributed by atoms with E-state index in [0.717, 1.165) is 31.2 Å². The van der Waals surface area contributed by atoms with E-state index in [9.17, 15) is 18.8 Å². The Hall–Kier alpha value is -3.03. The molecule has 7 nitrogen and oxygen atoms in total. The highest BCUT2D eigenvalue weighted by atomic mass is 19.1. The molecule has 0 aliphatic heterocycles. The van der Waals surface area contributed by atoms with Crippen LogP contribution in [-0.2, 0) is 16.0 Å². The normalized spacial score (nSPS) is 10.2. The van der Waals surface area contributed by atoms with E-state index in [1.54, 1.807) is 0 Å². The van der Waals surface area contributed by atoms with Gasteiger partial charge in [0.1, 0.15) is 5.82 Å². The summed E-state index contributed by atoms with van der Waals surface area (Å²) in [7, 11) is 2.26. The Kier molecular flexibility index (Phi) is 4.85. The lowest BCUT2D eigenvalue weighted by atomic mass is 10.1. The first-order valence-corrected chi connectivity index (χ1v) is 6.49. The summed E-state index contributed by atoms with van der Waals surface area (Å²) in [4.78, 5) is 39.4. The van der Waals surface area contributed by atoms with Gasteiger partial charge in [-0.15, -0.1) is 0 Å². The van der Waals surface area contributed by atoms with Crippen molar-refractivity contribution in [3.8, 4) is 0 Å². The molecule has 1 heterocycles. The van der Waals surface area contributed by atoms with Crippen LogP contribution in [0.15, 0.2) is 30.6 Å². The molecule has 0 atom stereocenters. The second-order valence-electron chi connectivity index (χ2n) is 4.46. The van der Waals surface area contributed by atoms with E-state index in [1.807, 2.05) is 0 Å². The number of aromatic nitrogens is 2. The standard InChI is InChI=1S/C15H13FN2O5/c1-22-14(20)12-13(15(21)23-2)18(8-17-12)7-11(19)9-5-3-4-6-10(9)16/h3-6,8H,7H2,1-2H3. The fourth-order valence-corrected chi connectivity index (χ4v) is 1.99. The van der Waals surface area contributed by atoms with Crippen LogP contribution in [0.25, 0.3) is 0 Å². The Morgan fingerprint density at radius 3 is 2.39 bits per heavy atom. The summed E-state index contributed by atoms with van der Waals surface area (Å²) in [5.74, 6) is -2.96. The largest absolute Gasteiger partial charge is 0.464 e. The number of rotatable bonds is 5. The predicted molar refractivity (Wildman–Crippen MR) is 75.6 cm³/mol. The van der Waals surface area contributed by atoms with Crippen molar-refractivity contribution in [2.75, 3.05) is 14.2 Å². The van der Waals surface area contributed by atoms with Crippen LogP contribution in [0.4, 0.5) is 4.39 Å². The molecule has 1 aromatic carbocycles. The lowest BCUT2D eigenvalue weighted by Crippen LogP contribution is -2.19. The molecule has 1 aromatic heterocycles. The lowest BCUT2D eigenvalue weighted by molar-refractivity contribution is 0.0543. The number of carbonyl (C=O) groups excluding carboxylic acids is 3. The van der Waals surface area contributed by atoms with Crippen molar-refractivity contribution in [1.82, 2.24) is 9.55 Å². The first-order chi connectivity index (χ1) is 11.0. The highest BCUT2D eigenvalue weighted by Crippen LogP contribution is 2.14. The summed E-state index contributed by atoms with van der Waals surface area (Å²) in [5.41, 5.74) is -0.638. The Morgan fingerprint density at radius 2 is 1.78 bits per heavy atom. The van der Waals surface area contributed by atoms with Gasteiger partial charge < -0.3 is 14.0 Å². The molecule has 0 unspecified atom stereocenters. The van der Waals surface area contributed by atoms with Gasteiger partial charge in [-0.05, 0) is 12.1 Å². The van der Waals surface area contributed by atoms with Crippen LogP contribution in [-0.4, -0.2) is 41.5 Å². The fraction of sp³-hybridized carbons (Fsp3) is 0.200. The number of benzene rings is 1. The van der Waals surface area contributed by atoms with Gasteiger partial charge in [-0.1, -0.05) is 12.1 Å². The van der Waals surface area contributed by atoms with Crippen LogP contribution < -0.4 is 0 Å². The summed E-state index contributed by atoms with van der Waals surface area (Å²) in [6.45, 7) is -0.380. The molecule has 0 aliphatic carbocycles. The van der Waals surface area contributed by atoms with Gasteiger partial charge in [0.2, 0.25) is 0 Å². The van der Waals surface area contributed by atoms with E-state index in [1.165, 1.54) is 18.2 Å². The van der Waals surface area contributed by atoms with Gasteiger partial charge in [-0.25, -0.2) is 19.0 Å². The van der Waals surface area contributed by atoms with Gasteiger partial charge in [0.15, 0.2) is 17.2 Å². The zero-order valence-corrected chi connectivity index (χ0v) is 12.4. The minimum absolute atomic E-state index is 0.128. The molecule has 0 fully saturated rings. The van der Waals surface area contributed by atoms with Crippen molar-refractivity contribution < 1.29 is 28.2 Å². The monoisotopic (exact) mass is 320 g/mol. The quantitative estimate of drug-likeness (QED) is 0.612. The number of hydrogen-bond donors (Lipinski definition) is 0. The molecule has 8 heteroatoms. The maximum atomic E-state index is 13.6. The van der Waals surface area contributed by atoms with Gasteiger partial charge in [0, 0.05) is 0 Å². The molecule has 2 rings (SSSR count). The van der Waals surface area contributed by atoms with Crippen LogP contribution in [0.5, 0.6) is 0 Å². The van der Waals surface area contributed by atoms with Crippen molar-refractivity contribution in [1.29, 1.82) is 0 Å². The third-order valence-corrected chi connectivity index (χ3v) is 3.08. The van der Waals surface area contributed by atoms with E-state index in [2.05, 4.69) is 14.5 Å². The Morgan fingerprint density at radius 1 is 1.13 bits per heavy atom. The molecule has 2 aromatic rings. The van der Waals surface area contributed by atoms with Crippen LogP contribution >= 0.6 is 0 Å². The summed E-state index contributed by atoms with van der Waals surface area (Å²) in [6.07, 6.45) is 1.12. The zero-order chi connectivity index (χ0) is 17.0. The van der Waals surface area contributed by atoms with Crippen LogP contribution in [0.1, 0.15) is 31.3 Å². The fourth-order valence-electron chi connectivity index (χ4n) is 1.99. The first-order valence-electron chi connectivity index (χ1n) is 6.49. The Labute approximate surface area is 130 Å². The average Bonchev–Trinajstić information content (AvgIpc) is 2.97. The minimum atomic E-state index is -0.857. The lowest BCUT2D eigenvalue weighted by Gasteiger charge is -2.08. The van der Waals surface area contributed by atoms with Crippen molar-refractivity contribution in [2.24, 2.45) is 0 Å². The molecule has 0 bridgehead atoms. The Balaban J connectivity index is 2.38. The second kappa shape index (κ2) is 6.82. The summed E-state index contributed by atoms with van der Waals surface area (Å²) in [5, 5.41) is 0. The van der Waals surface area contributed by atoms with Gasteiger partial charge in [-0.3, -0.25) is 4.79 Å². The smallest absolute Gasteiger partial charge is 0.359 e. The van der Waals surface area contributed by atoms with Crippen LogP contribution in [0, 0.1) is 5.82 Å². The van der Waals surface area contributed by atoms with E-state index in [-0.39, 0.29) is 23.5 Å². The molecular formula is C15H13FN2O5. The SMILES string of the molecule is COC(=O)c1ncn(CC(=O)c2ccccc2F)c1C(=O)OC. The van der Waals surface area contributed by atoms with E-state index >= 15 is 0 Å².